The number of nitrogens with zero attached hydrogens (tertiary/aromatic N) is 2. The highest BCUT2D eigenvalue weighted by atomic mass is 16.5. The predicted octanol–water partition coefficient (Wildman–Crippen LogP) is 3.47. The Hall–Kier alpha value is -2.61. The summed E-state index contributed by atoms with van der Waals surface area (Å²) in [6.07, 6.45) is 0.823. The number of esters is 1. The van der Waals surface area contributed by atoms with Crippen LogP contribution in [0.1, 0.15) is 56.7 Å². The molecule has 5 heteroatoms. The third-order valence-corrected chi connectivity index (χ3v) is 4.98. The van der Waals surface area contributed by atoms with Crippen molar-refractivity contribution in [2.24, 2.45) is 0 Å². The third kappa shape index (κ3) is 2.44. The number of anilines is 1. The first-order valence-corrected chi connectivity index (χ1v) is 8.54. The van der Waals surface area contributed by atoms with Crippen LogP contribution in [0.15, 0.2) is 17.7 Å². The van der Waals surface area contributed by atoms with Gasteiger partial charge >= 0.3 is 5.97 Å². The van der Waals surface area contributed by atoms with Gasteiger partial charge in [-0.2, -0.15) is 5.26 Å². The maximum absolute atomic E-state index is 13.2. The second-order valence-corrected chi connectivity index (χ2v) is 7.39. The van der Waals surface area contributed by atoms with Crippen molar-refractivity contribution < 1.29 is 14.3 Å². The summed E-state index contributed by atoms with van der Waals surface area (Å²) in [6.45, 7) is 9.99. The molecular weight excluding hydrogens is 316 g/mol. The lowest BCUT2D eigenvalue weighted by Crippen LogP contribution is -2.49. The van der Waals surface area contributed by atoms with Crippen LogP contribution in [0, 0.1) is 18.3 Å². The van der Waals surface area contributed by atoms with Gasteiger partial charge < -0.3 is 9.64 Å². The molecule has 1 aromatic rings. The summed E-state index contributed by atoms with van der Waals surface area (Å²) in [5.74, 6) is -0.738. The summed E-state index contributed by atoms with van der Waals surface area (Å²) >= 11 is 0. The molecule has 130 valence electrons. The molecular formula is C20H22N2O3. The number of nitriles is 1. The molecule has 0 saturated heterocycles. The van der Waals surface area contributed by atoms with Gasteiger partial charge in [-0.3, -0.25) is 4.79 Å². The van der Waals surface area contributed by atoms with E-state index in [2.05, 4.69) is 13.0 Å². The second-order valence-electron chi connectivity index (χ2n) is 7.39. The normalized spacial score (nSPS) is 22.3. The molecule has 0 spiro atoms. The minimum atomic E-state index is -0.741. The highest BCUT2D eigenvalue weighted by Crippen LogP contribution is 2.52. The molecule has 0 aliphatic carbocycles. The van der Waals surface area contributed by atoms with Gasteiger partial charge in [-0.25, -0.2) is 4.79 Å². The number of carbonyl (C=O) groups excluding carboxylic acids is 2. The fourth-order valence-corrected chi connectivity index (χ4v) is 4.13. The molecule has 0 aromatic heterocycles. The van der Waals surface area contributed by atoms with Crippen molar-refractivity contribution in [3.63, 3.8) is 0 Å². The summed E-state index contributed by atoms with van der Waals surface area (Å²) in [4.78, 5) is 27.2. The third-order valence-electron chi connectivity index (χ3n) is 4.98. The topological polar surface area (TPSA) is 70.4 Å². The van der Waals surface area contributed by atoms with Crippen LogP contribution in [-0.4, -0.2) is 24.0 Å². The van der Waals surface area contributed by atoms with Gasteiger partial charge in [-0.1, -0.05) is 18.6 Å². The van der Waals surface area contributed by atoms with Gasteiger partial charge in [0.05, 0.1) is 17.9 Å². The van der Waals surface area contributed by atoms with Crippen LogP contribution in [-0.2, 0) is 14.3 Å². The minimum absolute atomic E-state index is 0.156. The monoisotopic (exact) mass is 338 g/mol. The van der Waals surface area contributed by atoms with E-state index < -0.39 is 5.97 Å². The van der Waals surface area contributed by atoms with Crippen LogP contribution >= 0.6 is 0 Å². The largest absolute Gasteiger partial charge is 0.462 e. The second kappa shape index (κ2) is 5.73. The van der Waals surface area contributed by atoms with Gasteiger partial charge in [-0.05, 0) is 51.7 Å². The molecule has 0 N–H and O–H groups in total. The first-order valence-electron chi connectivity index (χ1n) is 8.54. The average Bonchev–Trinajstić information content (AvgIpc) is 2.80. The van der Waals surface area contributed by atoms with E-state index in [-0.39, 0.29) is 29.2 Å². The Morgan fingerprint density at radius 2 is 2.12 bits per heavy atom. The van der Waals surface area contributed by atoms with E-state index >= 15 is 0 Å². The van der Waals surface area contributed by atoms with E-state index in [4.69, 9.17) is 4.74 Å². The fraction of sp³-hybridized carbons (Fsp3) is 0.450. The van der Waals surface area contributed by atoms with Gasteiger partial charge in [0.15, 0.2) is 5.57 Å². The van der Waals surface area contributed by atoms with Gasteiger partial charge in [0.2, 0.25) is 0 Å². The molecule has 1 amide bonds. The lowest BCUT2D eigenvalue weighted by atomic mass is 9.80. The molecule has 0 fully saturated rings. The molecule has 2 aliphatic heterocycles. The smallest absolute Gasteiger partial charge is 0.349 e. The number of rotatable bonds is 2. The van der Waals surface area contributed by atoms with Crippen molar-refractivity contribution in [2.75, 3.05) is 11.5 Å². The number of hydrogen-bond acceptors (Lipinski definition) is 4. The zero-order valence-electron chi connectivity index (χ0n) is 15.3. The van der Waals surface area contributed by atoms with Crippen molar-refractivity contribution in [2.45, 2.75) is 52.5 Å². The van der Waals surface area contributed by atoms with E-state index in [9.17, 15) is 14.9 Å². The van der Waals surface area contributed by atoms with Gasteiger partial charge in [0.25, 0.3) is 5.91 Å². The van der Waals surface area contributed by atoms with E-state index in [0.29, 0.717) is 11.5 Å². The molecule has 0 saturated carbocycles. The summed E-state index contributed by atoms with van der Waals surface area (Å²) in [5, 5.41) is 9.54. The highest BCUT2D eigenvalue weighted by Gasteiger charge is 2.48. The SMILES string of the molecule is CCOC(=O)/C(C#N)=C1\C(=O)N2c3c1cc(C)cc3C(C)CC2(C)C. The predicted molar refractivity (Wildman–Crippen MR) is 94.9 cm³/mol. The average molecular weight is 338 g/mol. The summed E-state index contributed by atoms with van der Waals surface area (Å²) in [6, 6.07) is 5.88. The zero-order chi connectivity index (χ0) is 18.5. The first kappa shape index (κ1) is 17.2. The number of benzene rings is 1. The lowest BCUT2D eigenvalue weighted by molar-refractivity contribution is -0.138. The molecule has 2 heterocycles. The fourth-order valence-electron chi connectivity index (χ4n) is 4.13. The number of carbonyl (C=O) groups is 2. The molecule has 2 aliphatic rings. The van der Waals surface area contributed by atoms with E-state index in [1.165, 1.54) is 0 Å². The lowest BCUT2D eigenvalue weighted by Gasteiger charge is -2.43. The van der Waals surface area contributed by atoms with Crippen LogP contribution in [0.4, 0.5) is 5.69 Å². The van der Waals surface area contributed by atoms with Crippen molar-refractivity contribution >= 4 is 23.1 Å². The molecule has 1 atom stereocenters. The van der Waals surface area contributed by atoms with Crippen LogP contribution in [0.3, 0.4) is 0 Å². The van der Waals surface area contributed by atoms with Gasteiger partial charge in [-0.15, -0.1) is 0 Å². The van der Waals surface area contributed by atoms with E-state index in [1.807, 2.05) is 32.9 Å². The summed E-state index contributed by atoms with van der Waals surface area (Å²) < 4.78 is 5.00. The standard InChI is InChI=1S/C20H22N2O3/c1-6-25-19(24)15(10-21)16-14-8-11(2)7-13-12(3)9-20(4,5)22(17(13)14)18(16)23/h7-8,12H,6,9H2,1-5H3/b16-15-. The van der Waals surface area contributed by atoms with Crippen LogP contribution in [0.25, 0.3) is 5.57 Å². The van der Waals surface area contributed by atoms with Crippen LogP contribution in [0.5, 0.6) is 0 Å². The van der Waals surface area contributed by atoms with E-state index in [1.54, 1.807) is 11.8 Å². The summed E-state index contributed by atoms with van der Waals surface area (Å²) in [5.41, 5.74) is 3.19. The number of ether oxygens (including phenoxy) is 1. The maximum Gasteiger partial charge on any atom is 0.349 e. The highest BCUT2D eigenvalue weighted by molar-refractivity contribution is 6.37. The molecule has 5 nitrogen and oxygen atoms in total. The zero-order valence-corrected chi connectivity index (χ0v) is 15.3. The Bertz CT molecular complexity index is 858. The molecule has 25 heavy (non-hydrogen) atoms. The Morgan fingerprint density at radius 3 is 2.72 bits per heavy atom. The van der Waals surface area contributed by atoms with Crippen LogP contribution in [0.2, 0.25) is 0 Å². The van der Waals surface area contributed by atoms with E-state index in [0.717, 1.165) is 23.2 Å². The van der Waals surface area contributed by atoms with Crippen molar-refractivity contribution in [1.29, 1.82) is 5.26 Å². The Labute approximate surface area is 147 Å². The van der Waals surface area contributed by atoms with Crippen molar-refractivity contribution in [1.82, 2.24) is 0 Å². The molecule has 3 rings (SSSR count). The number of amides is 1. The Morgan fingerprint density at radius 1 is 1.44 bits per heavy atom. The maximum atomic E-state index is 13.2. The van der Waals surface area contributed by atoms with Crippen molar-refractivity contribution in [3.8, 4) is 6.07 Å². The number of aryl methyl sites for hydroxylation is 1. The number of hydrogen-bond donors (Lipinski definition) is 0. The summed E-state index contributed by atoms with van der Waals surface area (Å²) in [7, 11) is 0. The quantitative estimate of drug-likeness (QED) is 0.470. The van der Waals surface area contributed by atoms with Gasteiger partial charge in [0.1, 0.15) is 6.07 Å². The molecule has 1 unspecified atom stereocenters. The van der Waals surface area contributed by atoms with Gasteiger partial charge in [0, 0.05) is 11.1 Å². The van der Waals surface area contributed by atoms with Crippen molar-refractivity contribution in [3.05, 3.63) is 34.4 Å². The minimum Gasteiger partial charge on any atom is -0.462 e. The molecule has 1 aromatic carbocycles. The Balaban J connectivity index is 2.35. The molecule has 0 bridgehead atoms. The Kier molecular flexibility index (Phi) is 3.95. The first-order chi connectivity index (χ1) is 11.7. The van der Waals surface area contributed by atoms with Crippen LogP contribution < -0.4 is 4.90 Å². The molecule has 0 radical (unpaired) electrons.